The Morgan fingerprint density at radius 1 is 1.33 bits per heavy atom. The highest BCUT2D eigenvalue weighted by molar-refractivity contribution is 4.75. The Labute approximate surface area is 93.8 Å². The second-order valence-electron chi connectivity index (χ2n) is 4.81. The number of nitrogens with two attached hydrogens (primary N) is 1. The average molecular weight is 214 g/mol. The lowest BCUT2D eigenvalue weighted by Crippen LogP contribution is -2.39. The highest BCUT2D eigenvalue weighted by atomic mass is 16.5. The molecule has 0 aromatic carbocycles. The Morgan fingerprint density at radius 3 is 2.80 bits per heavy atom. The minimum Gasteiger partial charge on any atom is -0.379 e. The van der Waals surface area contributed by atoms with Gasteiger partial charge in [-0.25, -0.2) is 0 Å². The molecule has 3 nitrogen and oxygen atoms in total. The molecule has 3 heteroatoms. The first kappa shape index (κ1) is 12.9. The van der Waals surface area contributed by atoms with Gasteiger partial charge in [0, 0.05) is 26.2 Å². The minimum atomic E-state index is 0.172. The predicted octanol–water partition coefficient (Wildman–Crippen LogP) is 1.52. The lowest BCUT2D eigenvalue weighted by Gasteiger charge is -2.20. The van der Waals surface area contributed by atoms with Gasteiger partial charge < -0.3 is 15.8 Å². The van der Waals surface area contributed by atoms with Crippen molar-refractivity contribution < 1.29 is 4.74 Å². The van der Waals surface area contributed by atoms with E-state index in [-0.39, 0.29) is 6.10 Å². The number of hydrogen-bond donors (Lipinski definition) is 2. The third kappa shape index (κ3) is 4.96. The maximum absolute atomic E-state index is 5.59. The SMILES string of the molecule is COC(CN)CNC1CCCC(C)CC1. The van der Waals surface area contributed by atoms with Crippen LogP contribution in [0.3, 0.4) is 0 Å². The van der Waals surface area contributed by atoms with Gasteiger partial charge >= 0.3 is 0 Å². The van der Waals surface area contributed by atoms with Crippen molar-refractivity contribution in [3.63, 3.8) is 0 Å². The van der Waals surface area contributed by atoms with Crippen LogP contribution >= 0.6 is 0 Å². The van der Waals surface area contributed by atoms with E-state index < -0.39 is 0 Å². The fraction of sp³-hybridized carbons (Fsp3) is 1.00. The van der Waals surface area contributed by atoms with Crippen molar-refractivity contribution in [2.45, 2.75) is 51.2 Å². The summed E-state index contributed by atoms with van der Waals surface area (Å²) in [6.45, 7) is 3.86. The largest absolute Gasteiger partial charge is 0.379 e. The van der Waals surface area contributed by atoms with Gasteiger partial charge in [-0.3, -0.25) is 0 Å². The van der Waals surface area contributed by atoms with Crippen molar-refractivity contribution >= 4 is 0 Å². The molecule has 1 aliphatic rings. The fourth-order valence-electron chi connectivity index (χ4n) is 2.25. The van der Waals surface area contributed by atoms with Gasteiger partial charge in [-0.05, 0) is 25.2 Å². The summed E-state index contributed by atoms with van der Waals surface area (Å²) in [7, 11) is 1.73. The molecule has 1 fully saturated rings. The molecular weight excluding hydrogens is 188 g/mol. The molecule has 0 aromatic heterocycles. The van der Waals surface area contributed by atoms with Gasteiger partial charge in [-0.1, -0.05) is 19.8 Å². The van der Waals surface area contributed by atoms with Gasteiger partial charge in [-0.15, -0.1) is 0 Å². The maximum atomic E-state index is 5.59. The zero-order chi connectivity index (χ0) is 11.1. The van der Waals surface area contributed by atoms with Crippen molar-refractivity contribution in [1.29, 1.82) is 0 Å². The van der Waals surface area contributed by atoms with Crippen molar-refractivity contribution in [2.24, 2.45) is 11.7 Å². The molecule has 3 atom stereocenters. The topological polar surface area (TPSA) is 47.3 Å². The maximum Gasteiger partial charge on any atom is 0.0817 e. The summed E-state index contributed by atoms with van der Waals surface area (Å²) in [5.41, 5.74) is 5.59. The average Bonchev–Trinajstić information content (AvgIpc) is 2.45. The number of hydrogen-bond acceptors (Lipinski definition) is 3. The first-order chi connectivity index (χ1) is 7.26. The quantitative estimate of drug-likeness (QED) is 0.682. The Balaban J connectivity index is 2.19. The van der Waals surface area contributed by atoms with Gasteiger partial charge in [-0.2, -0.15) is 0 Å². The lowest BCUT2D eigenvalue weighted by atomic mass is 10.0. The van der Waals surface area contributed by atoms with Crippen LogP contribution in [0.15, 0.2) is 0 Å². The number of ether oxygens (including phenoxy) is 1. The van der Waals surface area contributed by atoms with Gasteiger partial charge in [0.05, 0.1) is 6.10 Å². The summed E-state index contributed by atoms with van der Waals surface area (Å²) in [5, 5.41) is 3.58. The zero-order valence-electron chi connectivity index (χ0n) is 10.2. The first-order valence-corrected chi connectivity index (χ1v) is 6.22. The van der Waals surface area contributed by atoms with Gasteiger partial charge in [0.1, 0.15) is 0 Å². The molecule has 0 aromatic rings. The molecule has 0 heterocycles. The number of nitrogens with one attached hydrogen (secondary N) is 1. The second kappa shape index (κ2) is 7.20. The summed E-state index contributed by atoms with van der Waals surface area (Å²) >= 11 is 0. The number of methoxy groups -OCH3 is 1. The molecule has 1 saturated carbocycles. The van der Waals surface area contributed by atoms with Crippen LogP contribution in [0.2, 0.25) is 0 Å². The first-order valence-electron chi connectivity index (χ1n) is 6.22. The van der Waals surface area contributed by atoms with Crippen LogP contribution in [0.25, 0.3) is 0 Å². The van der Waals surface area contributed by atoms with Crippen molar-refractivity contribution in [2.75, 3.05) is 20.2 Å². The molecule has 0 radical (unpaired) electrons. The molecule has 3 unspecified atom stereocenters. The predicted molar refractivity (Wildman–Crippen MR) is 63.9 cm³/mol. The molecule has 0 amide bonds. The van der Waals surface area contributed by atoms with E-state index in [2.05, 4.69) is 12.2 Å². The Hall–Kier alpha value is -0.120. The van der Waals surface area contributed by atoms with Crippen LogP contribution in [0.1, 0.15) is 39.0 Å². The van der Waals surface area contributed by atoms with Crippen LogP contribution in [-0.4, -0.2) is 32.3 Å². The van der Waals surface area contributed by atoms with E-state index >= 15 is 0 Å². The van der Waals surface area contributed by atoms with Gasteiger partial charge in [0.25, 0.3) is 0 Å². The standard InChI is InChI=1S/C12H26N2O/c1-10-4-3-5-11(7-6-10)14-9-12(8-13)15-2/h10-12,14H,3-9,13H2,1-2H3. The molecule has 1 aliphatic carbocycles. The summed E-state index contributed by atoms with van der Waals surface area (Å²) < 4.78 is 5.26. The molecule has 1 rings (SSSR count). The molecule has 3 N–H and O–H groups in total. The van der Waals surface area contributed by atoms with Crippen LogP contribution < -0.4 is 11.1 Å². The highest BCUT2D eigenvalue weighted by Crippen LogP contribution is 2.22. The zero-order valence-corrected chi connectivity index (χ0v) is 10.2. The summed E-state index contributed by atoms with van der Waals surface area (Å²) in [5.74, 6) is 0.907. The molecule has 15 heavy (non-hydrogen) atoms. The molecule has 0 bridgehead atoms. The normalized spacial score (nSPS) is 29.8. The molecular formula is C12H26N2O. The second-order valence-corrected chi connectivity index (χ2v) is 4.81. The molecule has 0 aliphatic heterocycles. The fourth-order valence-corrected chi connectivity index (χ4v) is 2.25. The smallest absolute Gasteiger partial charge is 0.0817 e. The van der Waals surface area contributed by atoms with Crippen molar-refractivity contribution in [3.8, 4) is 0 Å². The molecule has 0 spiro atoms. The van der Waals surface area contributed by atoms with Crippen LogP contribution in [0.4, 0.5) is 0 Å². The third-order valence-corrected chi connectivity index (χ3v) is 3.49. The number of rotatable bonds is 5. The van der Waals surface area contributed by atoms with E-state index in [4.69, 9.17) is 10.5 Å². The third-order valence-electron chi connectivity index (χ3n) is 3.49. The van der Waals surface area contributed by atoms with E-state index in [1.165, 1.54) is 32.1 Å². The van der Waals surface area contributed by atoms with Gasteiger partial charge in [0.2, 0.25) is 0 Å². The van der Waals surface area contributed by atoms with Gasteiger partial charge in [0.15, 0.2) is 0 Å². The summed E-state index contributed by atoms with van der Waals surface area (Å²) in [6.07, 6.45) is 6.90. The van der Waals surface area contributed by atoms with E-state index in [0.29, 0.717) is 12.6 Å². The Kier molecular flexibility index (Phi) is 6.22. The van der Waals surface area contributed by atoms with Crippen LogP contribution in [0, 0.1) is 5.92 Å². The highest BCUT2D eigenvalue weighted by Gasteiger charge is 2.16. The lowest BCUT2D eigenvalue weighted by molar-refractivity contribution is 0.105. The Bertz CT molecular complexity index is 160. The van der Waals surface area contributed by atoms with Crippen LogP contribution in [-0.2, 0) is 4.74 Å². The van der Waals surface area contributed by atoms with E-state index in [9.17, 15) is 0 Å². The summed E-state index contributed by atoms with van der Waals surface area (Å²) in [4.78, 5) is 0. The van der Waals surface area contributed by atoms with E-state index in [1.807, 2.05) is 0 Å². The molecule has 0 saturated heterocycles. The molecule has 90 valence electrons. The minimum absolute atomic E-state index is 0.172. The van der Waals surface area contributed by atoms with E-state index in [0.717, 1.165) is 12.5 Å². The Morgan fingerprint density at radius 2 is 2.13 bits per heavy atom. The van der Waals surface area contributed by atoms with Crippen LogP contribution in [0.5, 0.6) is 0 Å². The monoisotopic (exact) mass is 214 g/mol. The van der Waals surface area contributed by atoms with E-state index in [1.54, 1.807) is 7.11 Å². The summed E-state index contributed by atoms with van der Waals surface area (Å²) in [6, 6.07) is 0.680. The van der Waals surface area contributed by atoms with Crippen molar-refractivity contribution in [3.05, 3.63) is 0 Å². The van der Waals surface area contributed by atoms with Crippen molar-refractivity contribution in [1.82, 2.24) is 5.32 Å².